The molecule has 1 aromatic heterocycles. The van der Waals surface area contributed by atoms with Crippen molar-refractivity contribution in [3.8, 4) is 0 Å². The molecule has 0 radical (unpaired) electrons. The second kappa shape index (κ2) is 6.32. The summed E-state index contributed by atoms with van der Waals surface area (Å²) in [6, 6.07) is 3.26. The summed E-state index contributed by atoms with van der Waals surface area (Å²) in [7, 11) is 0. The van der Waals surface area contributed by atoms with Crippen molar-refractivity contribution in [1.29, 1.82) is 0 Å². The third kappa shape index (κ3) is 2.92. The normalized spacial score (nSPS) is 19.1. The van der Waals surface area contributed by atoms with Crippen LogP contribution in [0, 0.1) is 0 Å². The van der Waals surface area contributed by atoms with Crippen LogP contribution < -0.4 is 5.73 Å². The number of hydrogen-bond donors (Lipinski definition) is 1. The van der Waals surface area contributed by atoms with Crippen LogP contribution in [-0.4, -0.2) is 24.0 Å². The maximum absolute atomic E-state index is 6.02. The fourth-order valence-electron chi connectivity index (χ4n) is 2.91. The molecular weight excluding hydrogens is 296 g/mol. The minimum absolute atomic E-state index is 0.387. The predicted octanol–water partition coefficient (Wildman–Crippen LogP) is 3.77. The van der Waals surface area contributed by atoms with E-state index in [0.29, 0.717) is 12.6 Å². The van der Waals surface area contributed by atoms with E-state index in [2.05, 4.69) is 39.2 Å². The molecule has 1 aliphatic rings. The first kappa shape index (κ1) is 13.5. The number of thiophene rings is 1. The molecule has 0 saturated heterocycles. The first-order valence-electron chi connectivity index (χ1n) is 6.46. The van der Waals surface area contributed by atoms with Gasteiger partial charge in [-0.05, 0) is 46.8 Å². The molecule has 0 amide bonds. The molecular formula is C13H21BrN2S. The fourth-order valence-corrected chi connectivity index (χ4v) is 4.68. The Hall–Kier alpha value is 0.100. The van der Waals surface area contributed by atoms with Crippen molar-refractivity contribution in [2.75, 3.05) is 13.1 Å². The minimum atomic E-state index is 0.387. The van der Waals surface area contributed by atoms with Gasteiger partial charge in [-0.2, -0.15) is 0 Å². The van der Waals surface area contributed by atoms with Gasteiger partial charge in [0.15, 0.2) is 0 Å². The van der Waals surface area contributed by atoms with E-state index in [1.165, 1.54) is 35.0 Å². The molecule has 1 fully saturated rings. The Morgan fingerprint density at radius 2 is 2.24 bits per heavy atom. The van der Waals surface area contributed by atoms with Crippen LogP contribution in [0.25, 0.3) is 0 Å². The van der Waals surface area contributed by atoms with E-state index in [4.69, 9.17) is 5.73 Å². The highest BCUT2D eigenvalue weighted by atomic mass is 79.9. The van der Waals surface area contributed by atoms with Crippen LogP contribution in [-0.2, 0) is 0 Å². The van der Waals surface area contributed by atoms with Gasteiger partial charge >= 0.3 is 0 Å². The smallest absolute Gasteiger partial charge is 0.0578 e. The van der Waals surface area contributed by atoms with Crippen LogP contribution in [0.3, 0.4) is 0 Å². The minimum Gasteiger partial charge on any atom is -0.329 e. The standard InChI is InChI=1S/C13H21BrN2S/c1-2-16(10-5-3-4-6-10)12(9-15)13-11(14)7-8-17-13/h7-8,10,12H,2-6,9,15H2,1H3. The highest BCUT2D eigenvalue weighted by molar-refractivity contribution is 9.10. The van der Waals surface area contributed by atoms with Gasteiger partial charge in [-0.25, -0.2) is 0 Å². The van der Waals surface area contributed by atoms with Gasteiger partial charge in [-0.3, -0.25) is 4.90 Å². The lowest BCUT2D eigenvalue weighted by Crippen LogP contribution is -2.39. The maximum Gasteiger partial charge on any atom is 0.0578 e. The van der Waals surface area contributed by atoms with E-state index < -0.39 is 0 Å². The summed E-state index contributed by atoms with van der Waals surface area (Å²) < 4.78 is 1.22. The second-order valence-electron chi connectivity index (χ2n) is 4.65. The number of halogens is 1. The molecule has 0 aromatic carbocycles. The second-order valence-corrected chi connectivity index (χ2v) is 6.46. The van der Waals surface area contributed by atoms with Crippen molar-refractivity contribution in [1.82, 2.24) is 4.90 Å². The first-order chi connectivity index (χ1) is 8.27. The van der Waals surface area contributed by atoms with Crippen molar-refractivity contribution in [2.24, 2.45) is 5.73 Å². The molecule has 17 heavy (non-hydrogen) atoms. The summed E-state index contributed by atoms with van der Waals surface area (Å²) in [5, 5.41) is 2.14. The molecule has 2 N–H and O–H groups in total. The van der Waals surface area contributed by atoms with Crippen LogP contribution in [0.1, 0.15) is 43.5 Å². The average molecular weight is 317 g/mol. The summed E-state index contributed by atoms with van der Waals surface area (Å²) >= 11 is 5.46. The van der Waals surface area contributed by atoms with Crippen LogP contribution in [0.4, 0.5) is 0 Å². The van der Waals surface area contributed by atoms with Gasteiger partial charge in [0, 0.05) is 21.9 Å². The van der Waals surface area contributed by atoms with Gasteiger partial charge in [0.25, 0.3) is 0 Å². The molecule has 1 aromatic rings. The zero-order valence-corrected chi connectivity index (χ0v) is 12.8. The van der Waals surface area contributed by atoms with Crippen LogP contribution in [0.2, 0.25) is 0 Å². The molecule has 1 heterocycles. The molecule has 0 bridgehead atoms. The quantitative estimate of drug-likeness (QED) is 0.895. The van der Waals surface area contributed by atoms with E-state index in [1.54, 1.807) is 0 Å². The molecule has 1 aliphatic carbocycles. The van der Waals surface area contributed by atoms with E-state index in [-0.39, 0.29) is 0 Å². The van der Waals surface area contributed by atoms with E-state index in [0.717, 1.165) is 12.6 Å². The van der Waals surface area contributed by atoms with Gasteiger partial charge in [0.2, 0.25) is 0 Å². The zero-order valence-electron chi connectivity index (χ0n) is 10.4. The van der Waals surface area contributed by atoms with E-state index in [9.17, 15) is 0 Å². The molecule has 0 aliphatic heterocycles. The van der Waals surface area contributed by atoms with Crippen molar-refractivity contribution in [3.63, 3.8) is 0 Å². The molecule has 0 spiro atoms. The van der Waals surface area contributed by atoms with Gasteiger partial charge in [-0.1, -0.05) is 19.8 Å². The van der Waals surface area contributed by atoms with Gasteiger partial charge in [-0.15, -0.1) is 11.3 Å². The lowest BCUT2D eigenvalue weighted by atomic mass is 10.1. The summed E-state index contributed by atoms with van der Waals surface area (Å²) in [5.74, 6) is 0. The largest absolute Gasteiger partial charge is 0.329 e. The van der Waals surface area contributed by atoms with E-state index in [1.807, 2.05) is 11.3 Å². The number of nitrogens with zero attached hydrogens (tertiary/aromatic N) is 1. The summed E-state index contributed by atoms with van der Waals surface area (Å²) in [5.41, 5.74) is 6.02. The van der Waals surface area contributed by atoms with Gasteiger partial charge < -0.3 is 5.73 Å². The van der Waals surface area contributed by atoms with Crippen molar-refractivity contribution in [3.05, 3.63) is 20.8 Å². The van der Waals surface area contributed by atoms with Crippen LogP contribution in [0.5, 0.6) is 0 Å². The monoisotopic (exact) mass is 316 g/mol. The highest BCUT2D eigenvalue weighted by Crippen LogP contribution is 2.36. The summed E-state index contributed by atoms with van der Waals surface area (Å²) in [6.45, 7) is 4.06. The predicted molar refractivity (Wildman–Crippen MR) is 78.5 cm³/mol. The Labute approximate surface area is 116 Å². The Morgan fingerprint density at radius 1 is 1.53 bits per heavy atom. The Kier molecular flexibility index (Phi) is 5.03. The maximum atomic E-state index is 6.02. The number of likely N-dealkylation sites (N-methyl/N-ethyl adjacent to an activating group) is 1. The Balaban J connectivity index is 2.18. The third-order valence-corrected chi connectivity index (χ3v) is 5.70. The fraction of sp³-hybridized carbons (Fsp3) is 0.692. The number of nitrogens with two attached hydrogens (primary N) is 1. The SMILES string of the molecule is CCN(C1CCCC1)C(CN)c1sccc1Br. The summed E-state index contributed by atoms with van der Waals surface area (Å²) in [6.07, 6.45) is 5.44. The lowest BCUT2D eigenvalue weighted by Gasteiger charge is -2.34. The number of rotatable bonds is 5. The molecule has 2 rings (SSSR count). The van der Waals surface area contributed by atoms with Gasteiger partial charge in [0.05, 0.1) is 6.04 Å². The molecule has 1 atom stereocenters. The van der Waals surface area contributed by atoms with Crippen LogP contribution >= 0.6 is 27.3 Å². The van der Waals surface area contributed by atoms with Crippen molar-refractivity contribution >= 4 is 27.3 Å². The summed E-state index contributed by atoms with van der Waals surface area (Å²) in [4.78, 5) is 3.99. The van der Waals surface area contributed by atoms with E-state index >= 15 is 0 Å². The zero-order chi connectivity index (χ0) is 12.3. The van der Waals surface area contributed by atoms with Crippen molar-refractivity contribution < 1.29 is 0 Å². The molecule has 1 unspecified atom stereocenters. The first-order valence-corrected chi connectivity index (χ1v) is 8.13. The Bertz CT molecular complexity index is 347. The molecule has 1 saturated carbocycles. The molecule has 96 valence electrons. The van der Waals surface area contributed by atoms with Crippen molar-refractivity contribution in [2.45, 2.75) is 44.7 Å². The highest BCUT2D eigenvalue weighted by Gasteiger charge is 2.29. The molecule has 2 nitrogen and oxygen atoms in total. The molecule has 4 heteroatoms. The van der Waals surface area contributed by atoms with Crippen LogP contribution in [0.15, 0.2) is 15.9 Å². The lowest BCUT2D eigenvalue weighted by molar-refractivity contribution is 0.149. The average Bonchev–Trinajstić information content (AvgIpc) is 2.97. The topological polar surface area (TPSA) is 29.3 Å². The third-order valence-electron chi connectivity index (χ3n) is 3.73. The number of hydrogen-bond acceptors (Lipinski definition) is 3. The van der Waals surface area contributed by atoms with Gasteiger partial charge in [0.1, 0.15) is 0 Å². The Morgan fingerprint density at radius 3 is 2.71 bits per heavy atom.